The highest BCUT2D eigenvalue weighted by atomic mass is 19.1. The van der Waals surface area contributed by atoms with Gasteiger partial charge >= 0.3 is 0 Å². The maximum Gasteiger partial charge on any atom is 0.221 e. The van der Waals surface area contributed by atoms with E-state index in [4.69, 9.17) is 5.73 Å². The second-order valence-electron chi connectivity index (χ2n) is 3.81. The van der Waals surface area contributed by atoms with Crippen LogP contribution < -0.4 is 5.73 Å². The maximum atomic E-state index is 13.3. The first-order valence-corrected chi connectivity index (χ1v) is 5.38. The first kappa shape index (κ1) is 10.6. The van der Waals surface area contributed by atoms with Gasteiger partial charge in [0.1, 0.15) is 11.5 Å². The Morgan fingerprint density at radius 3 is 2.72 bits per heavy atom. The van der Waals surface area contributed by atoms with E-state index in [-0.39, 0.29) is 11.8 Å². The molecule has 0 aliphatic heterocycles. The largest absolute Gasteiger partial charge is 0.368 e. The molecule has 0 aliphatic rings. The summed E-state index contributed by atoms with van der Waals surface area (Å²) in [5.74, 6) is -0.192. The van der Waals surface area contributed by atoms with Crippen molar-refractivity contribution in [2.24, 2.45) is 0 Å². The third-order valence-electron chi connectivity index (χ3n) is 2.58. The van der Waals surface area contributed by atoms with Gasteiger partial charge in [-0.3, -0.25) is 4.98 Å². The molecule has 0 spiro atoms. The lowest BCUT2D eigenvalue weighted by Crippen LogP contribution is -1.99. The van der Waals surface area contributed by atoms with Crippen LogP contribution >= 0.6 is 0 Å². The fourth-order valence-corrected chi connectivity index (χ4v) is 1.82. The third-order valence-corrected chi connectivity index (χ3v) is 2.58. The fourth-order valence-electron chi connectivity index (χ4n) is 1.82. The van der Waals surface area contributed by atoms with Crippen LogP contribution in [0, 0.1) is 5.82 Å². The molecule has 0 amide bonds. The summed E-state index contributed by atoms with van der Waals surface area (Å²) in [5, 5.41) is 0.600. The zero-order chi connectivity index (χ0) is 12.5. The van der Waals surface area contributed by atoms with E-state index in [1.807, 2.05) is 6.07 Å². The van der Waals surface area contributed by atoms with Gasteiger partial charge in [0.05, 0.1) is 11.2 Å². The summed E-state index contributed by atoms with van der Waals surface area (Å²) < 4.78 is 13.3. The van der Waals surface area contributed by atoms with Crippen LogP contribution in [0.1, 0.15) is 0 Å². The molecule has 5 heteroatoms. The van der Waals surface area contributed by atoms with E-state index in [0.29, 0.717) is 22.3 Å². The minimum atomic E-state index is -0.340. The number of halogens is 1. The van der Waals surface area contributed by atoms with Crippen molar-refractivity contribution in [3.63, 3.8) is 0 Å². The zero-order valence-corrected chi connectivity index (χ0v) is 9.34. The summed E-state index contributed by atoms with van der Waals surface area (Å²) in [6.45, 7) is 0. The Morgan fingerprint density at radius 1 is 1.06 bits per heavy atom. The molecular weight excluding hydrogens is 231 g/mol. The Balaban J connectivity index is 2.37. The van der Waals surface area contributed by atoms with Gasteiger partial charge in [-0.2, -0.15) is 0 Å². The Hall–Kier alpha value is -2.56. The molecule has 0 fully saturated rings. The number of nitrogens with two attached hydrogens (primary N) is 1. The van der Waals surface area contributed by atoms with E-state index >= 15 is 0 Å². The maximum absolute atomic E-state index is 13.3. The van der Waals surface area contributed by atoms with E-state index < -0.39 is 0 Å². The molecule has 3 aromatic rings. The first-order chi connectivity index (χ1) is 8.74. The van der Waals surface area contributed by atoms with Crippen molar-refractivity contribution in [3.8, 4) is 11.4 Å². The number of nitrogens with zero attached hydrogens (tertiary/aromatic N) is 3. The second kappa shape index (κ2) is 4.03. The van der Waals surface area contributed by atoms with E-state index in [1.165, 1.54) is 12.1 Å². The minimum Gasteiger partial charge on any atom is -0.368 e. The lowest BCUT2D eigenvalue weighted by molar-refractivity contribution is 0.629. The van der Waals surface area contributed by atoms with Crippen molar-refractivity contribution in [1.29, 1.82) is 0 Å². The standard InChI is InChI=1S/C13H9FN4/c14-8-4-5-10-9(7-8)12(18-13(15)17-10)11-3-1-2-6-16-11/h1-7H,(H2,15,17,18). The fraction of sp³-hybridized carbons (Fsp3) is 0. The molecule has 0 unspecified atom stereocenters. The van der Waals surface area contributed by atoms with Crippen LogP contribution in [0.4, 0.5) is 10.3 Å². The van der Waals surface area contributed by atoms with Gasteiger partial charge in [0.2, 0.25) is 5.95 Å². The van der Waals surface area contributed by atoms with E-state index in [1.54, 1.807) is 24.4 Å². The first-order valence-electron chi connectivity index (χ1n) is 5.38. The van der Waals surface area contributed by atoms with Crippen LogP contribution in [0.3, 0.4) is 0 Å². The van der Waals surface area contributed by atoms with Crippen molar-refractivity contribution in [3.05, 3.63) is 48.4 Å². The van der Waals surface area contributed by atoms with Gasteiger partial charge in [0.15, 0.2) is 0 Å². The van der Waals surface area contributed by atoms with Crippen LogP contribution in [0.2, 0.25) is 0 Å². The van der Waals surface area contributed by atoms with Crippen molar-refractivity contribution in [1.82, 2.24) is 15.0 Å². The van der Waals surface area contributed by atoms with Crippen LogP contribution in [0.5, 0.6) is 0 Å². The van der Waals surface area contributed by atoms with Crippen LogP contribution in [0.25, 0.3) is 22.3 Å². The van der Waals surface area contributed by atoms with Gasteiger partial charge in [0, 0.05) is 11.6 Å². The molecule has 4 nitrogen and oxygen atoms in total. The molecule has 2 aromatic heterocycles. The molecule has 88 valence electrons. The average molecular weight is 240 g/mol. The molecule has 0 atom stereocenters. The Bertz CT molecular complexity index is 713. The van der Waals surface area contributed by atoms with E-state index in [9.17, 15) is 4.39 Å². The van der Waals surface area contributed by atoms with Crippen molar-refractivity contribution >= 4 is 16.9 Å². The van der Waals surface area contributed by atoms with Gasteiger partial charge in [-0.1, -0.05) is 6.07 Å². The highest BCUT2D eigenvalue weighted by Gasteiger charge is 2.10. The lowest BCUT2D eigenvalue weighted by atomic mass is 10.1. The van der Waals surface area contributed by atoms with Gasteiger partial charge < -0.3 is 5.73 Å². The number of hydrogen-bond donors (Lipinski definition) is 1. The van der Waals surface area contributed by atoms with Crippen molar-refractivity contribution in [2.75, 3.05) is 5.73 Å². The molecule has 0 saturated carbocycles. The summed E-state index contributed by atoms with van der Waals surface area (Å²) in [6.07, 6.45) is 1.65. The monoisotopic (exact) mass is 240 g/mol. The number of nitrogen functional groups attached to an aromatic ring is 1. The molecule has 18 heavy (non-hydrogen) atoms. The minimum absolute atomic E-state index is 0.148. The van der Waals surface area contributed by atoms with Crippen LogP contribution in [0.15, 0.2) is 42.6 Å². The molecule has 1 aromatic carbocycles. The lowest BCUT2D eigenvalue weighted by Gasteiger charge is -2.06. The SMILES string of the molecule is Nc1nc(-c2ccccn2)c2cc(F)ccc2n1. The van der Waals surface area contributed by atoms with Gasteiger partial charge in [-0.25, -0.2) is 14.4 Å². The number of aromatic nitrogens is 3. The molecule has 2 heterocycles. The zero-order valence-electron chi connectivity index (χ0n) is 9.34. The number of fused-ring (bicyclic) bond motifs is 1. The van der Waals surface area contributed by atoms with E-state index in [0.717, 1.165) is 0 Å². The number of hydrogen-bond acceptors (Lipinski definition) is 4. The molecule has 0 bridgehead atoms. The summed E-state index contributed by atoms with van der Waals surface area (Å²) in [6, 6.07) is 9.75. The molecule has 0 aliphatic carbocycles. The van der Waals surface area contributed by atoms with Crippen LogP contribution in [-0.2, 0) is 0 Å². The molecule has 3 rings (SSSR count). The summed E-state index contributed by atoms with van der Waals surface area (Å²) >= 11 is 0. The predicted octanol–water partition coefficient (Wildman–Crippen LogP) is 2.41. The second-order valence-corrected chi connectivity index (χ2v) is 3.81. The summed E-state index contributed by atoms with van der Waals surface area (Å²) in [5.41, 5.74) is 7.44. The van der Waals surface area contributed by atoms with Crippen molar-refractivity contribution < 1.29 is 4.39 Å². The van der Waals surface area contributed by atoms with Crippen LogP contribution in [-0.4, -0.2) is 15.0 Å². The summed E-state index contributed by atoms with van der Waals surface area (Å²) in [4.78, 5) is 12.4. The highest BCUT2D eigenvalue weighted by Crippen LogP contribution is 2.25. The molecule has 0 saturated heterocycles. The molecule has 0 radical (unpaired) electrons. The normalized spacial score (nSPS) is 10.7. The van der Waals surface area contributed by atoms with Gasteiger partial charge in [-0.15, -0.1) is 0 Å². The number of benzene rings is 1. The topological polar surface area (TPSA) is 64.7 Å². The predicted molar refractivity (Wildman–Crippen MR) is 67.1 cm³/mol. The number of rotatable bonds is 1. The highest BCUT2D eigenvalue weighted by molar-refractivity contribution is 5.92. The van der Waals surface area contributed by atoms with Gasteiger partial charge in [0.25, 0.3) is 0 Å². The van der Waals surface area contributed by atoms with Gasteiger partial charge in [-0.05, 0) is 30.3 Å². The van der Waals surface area contributed by atoms with Crippen molar-refractivity contribution in [2.45, 2.75) is 0 Å². The molecular formula is C13H9FN4. The summed E-state index contributed by atoms with van der Waals surface area (Å²) in [7, 11) is 0. The quantitative estimate of drug-likeness (QED) is 0.709. The van der Waals surface area contributed by atoms with E-state index in [2.05, 4.69) is 15.0 Å². The number of anilines is 1. The smallest absolute Gasteiger partial charge is 0.221 e. The average Bonchev–Trinajstić information content (AvgIpc) is 2.39. The Morgan fingerprint density at radius 2 is 1.94 bits per heavy atom. The third kappa shape index (κ3) is 1.75. The Labute approximate surface area is 102 Å². The molecule has 2 N–H and O–H groups in total. The number of pyridine rings is 1. The Kier molecular flexibility index (Phi) is 2.37.